The van der Waals surface area contributed by atoms with Crippen molar-refractivity contribution >= 4 is 22.6 Å². The van der Waals surface area contributed by atoms with Gasteiger partial charge < -0.3 is 9.64 Å². The Hall–Kier alpha value is -2.24. The van der Waals surface area contributed by atoms with E-state index in [1.165, 1.54) is 0 Å². The van der Waals surface area contributed by atoms with Crippen LogP contribution in [-0.4, -0.2) is 36.1 Å². The van der Waals surface area contributed by atoms with E-state index in [4.69, 9.17) is 4.74 Å². The number of carbonyl (C=O) groups excluding carboxylic acids is 1. The number of pyridine rings is 1. The molecule has 1 aromatic carbocycles. The number of halogens is 2. The average molecular weight is 334 g/mol. The molecule has 4 nitrogen and oxygen atoms in total. The molecule has 6 heteroatoms. The fourth-order valence-corrected chi connectivity index (χ4v) is 2.72. The van der Waals surface area contributed by atoms with Crippen LogP contribution >= 0.6 is 0 Å². The van der Waals surface area contributed by atoms with Crippen molar-refractivity contribution in [1.29, 1.82) is 0 Å². The first-order valence-electron chi connectivity index (χ1n) is 7.90. The monoisotopic (exact) mass is 334 g/mol. The zero-order valence-corrected chi connectivity index (χ0v) is 13.9. The highest BCUT2D eigenvalue weighted by Gasteiger charge is 2.34. The van der Waals surface area contributed by atoms with Gasteiger partial charge in [-0.1, -0.05) is 0 Å². The van der Waals surface area contributed by atoms with Gasteiger partial charge in [0, 0.05) is 30.4 Å². The summed E-state index contributed by atoms with van der Waals surface area (Å²) in [7, 11) is 0. The van der Waals surface area contributed by atoms with E-state index in [1.54, 1.807) is 18.3 Å². The quantitative estimate of drug-likeness (QED) is 0.799. The van der Waals surface area contributed by atoms with E-state index in [9.17, 15) is 13.6 Å². The van der Waals surface area contributed by atoms with Crippen molar-refractivity contribution in [1.82, 2.24) is 4.98 Å². The lowest BCUT2D eigenvalue weighted by atomic mass is 9.99. The van der Waals surface area contributed by atoms with Crippen molar-refractivity contribution < 1.29 is 18.3 Å². The number of alkyl halides is 2. The second-order valence-corrected chi connectivity index (χ2v) is 7.06. The first-order chi connectivity index (χ1) is 11.2. The van der Waals surface area contributed by atoms with Crippen LogP contribution in [0.2, 0.25) is 0 Å². The smallest absolute Gasteiger partial charge is 0.339 e. The van der Waals surface area contributed by atoms with Crippen LogP contribution in [0.3, 0.4) is 0 Å². The molecule has 1 fully saturated rings. The molecular formula is C18H20F2N2O2. The summed E-state index contributed by atoms with van der Waals surface area (Å²) in [6.07, 6.45) is -0.724. The molecule has 0 amide bonds. The topological polar surface area (TPSA) is 42.4 Å². The highest BCUT2D eigenvalue weighted by molar-refractivity contribution is 6.04. The van der Waals surface area contributed by atoms with Gasteiger partial charge in [0.25, 0.3) is 0 Å². The predicted octanol–water partition coefficient (Wildman–Crippen LogP) is 3.89. The maximum atomic E-state index is 12.7. The van der Waals surface area contributed by atoms with Gasteiger partial charge in [0.2, 0.25) is 6.43 Å². The van der Waals surface area contributed by atoms with Gasteiger partial charge >= 0.3 is 5.97 Å². The summed E-state index contributed by atoms with van der Waals surface area (Å²) in [6.45, 7) is 6.08. The van der Waals surface area contributed by atoms with Crippen molar-refractivity contribution in [2.24, 2.45) is 5.92 Å². The van der Waals surface area contributed by atoms with E-state index in [0.717, 1.165) is 5.69 Å². The predicted molar refractivity (Wildman–Crippen MR) is 88.6 cm³/mol. The molecule has 0 radical (unpaired) electrons. The van der Waals surface area contributed by atoms with Crippen molar-refractivity contribution in [3.63, 3.8) is 0 Å². The normalized spacial score (nSPS) is 15.7. The zero-order chi connectivity index (χ0) is 17.5. The molecule has 0 unspecified atom stereocenters. The summed E-state index contributed by atoms with van der Waals surface area (Å²) in [5, 5.41) is 0.671. The van der Waals surface area contributed by atoms with E-state index in [-0.39, 0.29) is 0 Å². The Bertz CT molecular complexity index is 765. The number of nitrogens with zero attached hydrogens (tertiary/aromatic N) is 2. The van der Waals surface area contributed by atoms with Crippen molar-refractivity contribution in [2.45, 2.75) is 32.8 Å². The summed E-state index contributed by atoms with van der Waals surface area (Å²) in [5.74, 6) is -0.999. The average Bonchev–Trinajstić information content (AvgIpc) is 2.42. The fraction of sp³-hybridized carbons (Fsp3) is 0.444. The van der Waals surface area contributed by atoms with Gasteiger partial charge in [-0.05, 0) is 45.0 Å². The third-order valence-electron chi connectivity index (χ3n) is 3.98. The van der Waals surface area contributed by atoms with Gasteiger partial charge in [0.15, 0.2) is 0 Å². The van der Waals surface area contributed by atoms with Crippen LogP contribution < -0.4 is 4.90 Å². The van der Waals surface area contributed by atoms with Crippen LogP contribution in [0, 0.1) is 5.92 Å². The number of anilines is 1. The Labute approximate surface area is 139 Å². The number of rotatable bonds is 3. The fourth-order valence-electron chi connectivity index (χ4n) is 2.72. The van der Waals surface area contributed by atoms with Crippen LogP contribution in [-0.2, 0) is 4.74 Å². The van der Waals surface area contributed by atoms with Crippen LogP contribution in [0.1, 0.15) is 31.1 Å². The third-order valence-corrected chi connectivity index (χ3v) is 3.98. The molecular weight excluding hydrogens is 314 g/mol. The van der Waals surface area contributed by atoms with Crippen LogP contribution in [0.5, 0.6) is 0 Å². The molecule has 1 aliphatic rings. The second-order valence-electron chi connectivity index (χ2n) is 7.06. The van der Waals surface area contributed by atoms with Crippen molar-refractivity contribution in [3.8, 4) is 0 Å². The number of benzene rings is 1. The Balaban J connectivity index is 1.91. The summed E-state index contributed by atoms with van der Waals surface area (Å²) in [6, 6.07) is 7.09. The van der Waals surface area contributed by atoms with Crippen LogP contribution in [0.4, 0.5) is 14.5 Å². The summed E-state index contributed by atoms with van der Waals surface area (Å²) in [5.41, 5.74) is 1.33. The highest BCUT2D eigenvalue weighted by Crippen LogP contribution is 2.31. The molecule has 0 N–H and O–H groups in total. The van der Waals surface area contributed by atoms with Crippen molar-refractivity contribution in [2.75, 3.05) is 18.0 Å². The molecule has 1 aliphatic heterocycles. The number of esters is 1. The van der Waals surface area contributed by atoms with Gasteiger partial charge in [-0.25, -0.2) is 13.6 Å². The minimum Gasteiger partial charge on any atom is -0.456 e. The van der Waals surface area contributed by atoms with Gasteiger partial charge in [-0.2, -0.15) is 0 Å². The van der Waals surface area contributed by atoms with Gasteiger partial charge in [-0.15, -0.1) is 0 Å². The third kappa shape index (κ3) is 3.32. The molecule has 2 aromatic rings. The molecule has 24 heavy (non-hydrogen) atoms. The lowest BCUT2D eigenvalue weighted by Crippen LogP contribution is -2.50. The Kier molecular flexibility index (Phi) is 4.15. The van der Waals surface area contributed by atoms with E-state index in [2.05, 4.69) is 4.98 Å². The minimum atomic E-state index is -2.29. The second kappa shape index (κ2) is 6.00. The molecule has 0 saturated carbocycles. The number of carbonyl (C=O) groups is 1. The first kappa shape index (κ1) is 16.6. The molecule has 0 aliphatic carbocycles. The molecule has 0 bridgehead atoms. The van der Waals surface area contributed by atoms with Crippen LogP contribution in [0.25, 0.3) is 10.9 Å². The van der Waals surface area contributed by atoms with E-state index in [0.29, 0.717) is 29.6 Å². The summed E-state index contributed by atoms with van der Waals surface area (Å²) < 4.78 is 30.7. The molecule has 128 valence electrons. The SMILES string of the molecule is CC(C)(C)OC(=O)c1ccnc2ccc(N3CC(C(F)F)C3)cc12. The summed E-state index contributed by atoms with van der Waals surface area (Å²) in [4.78, 5) is 18.6. The molecule has 1 saturated heterocycles. The van der Waals surface area contributed by atoms with Gasteiger partial charge in [-0.3, -0.25) is 4.98 Å². The molecule has 1 aromatic heterocycles. The standard InChI is InChI=1S/C18H20F2N2O2/c1-18(2,3)24-17(23)13-6-7-21-15-5-4-12(8-14(13)15)22-9-11(10-22)16(19)20/h4-8,11,16H,9-10H2,1-3H3. The number of hydrogen-bond donors (Lipinski definition) is 0. The van der Waals surface area contributed by atoms with Gasteiger partial charge in [0.05, 0.1) is 17.0 Å². The molecule has 0 spiro atoms. The number of ether oxygens (including phenoxy) is 1. The summed E-state index contributed by atoms with van der Waals surface area (Å²) >= 11 is 0. The zero-order valence-electron chi connectivity index (χ0n) is 13.9. The number of fused-ring (bicyclic) bond motifs is 1. The lowest BCUT2D eigenvalue weighted by Gasteiger charge is -2.40. The Morgan fingerprint density at radius 2 is 2.00 bits per heavy atom. The molecule has 2 heterocycles. The van der Waals surface area contributed by atoms with Gasteiger partial charge in [0.1, 0.15) is 5.60 Å². The van der Waals surface area contributed by atoms with Crippen molar-refractivity contribution in [3.05, 3.63) is 36.0 Å². The molecule has 3 rings (SSSR count). The number of hydrogen-bond acceptors (Lipinski definition) is 4. The first-order valence-corrected chi connectivity index (χ1v) is 7.90. The van der Waals surface area contributed by atoms with E-state index < -0.39 is 23.9 Å². The lowest BCUT2D eigenvalue weighted by molar-refractivity contribution is 0.00717. The van der Waals surface area contributed by atoms with E-state index >= 15 is 0 Å². The number of aromatic nitrogens is 1. The Morgan fingerprint density at radius 1 is 1.29 bits per heavy atom. The Morgan fingerprint density at radius 3 is 2.62 bits per heavy atom. The minimum absolute atomic E-state index is 0.325. The van der Waals surface area contributed by atoms with E-state index in [1.807, 2.05) is 37.8 Å². The largest absolute Gasteiger partial charge is 0.456 e. The highest BCUT2D eigenvalue weighted by atomic mass is 19.3. The maximum Gasteiger partial charge on any atom is 0.339 e. The maximum absolute atomic E-state index is 12.7. The van der Waals surface area contributed by atoms with Crippen LogP contribution in [0.15, 0.2) is 30.5 Å². The molecule has 0 atom stereocenters.